The molecule has 1 aliphatic heterocycles. The zero-order valence-corrected chi connectivity index (χ0v) is 19.5. The van der Waals surface area contributed by atoms with E-state index >= 15 is 0 Å². The number of nitrogens with zero attached hydrogens (tertiary/aromatic N) is 2. The van der Waals surface area contributed by atoms with Crippen molar-refractivity contribution in [3.8, 4) is 5.75 Å². The molecular formula is C25H23FN2O4S. The molecule has 3 aromatic rings. The molecular weight excluding hydrogens is 443 g/mol. The van der Waals surface area contributed by atoms with Crippen LogP contribution in [-0.2, 0) is 9.53 Å². The van der Waals surface area contributed by atoms with Gasteiger partial charge in [0.25, 0.3) is 5.56 Å². The summed E-state index contributed by atoms with van der Waals surface area (Å²) in [7, 11) is 1.57. The van der Waals surface area contributed by atoms with Gasteiger partial charge in [0.05, 0.1) is 35.1 Å². The van der Waals surface area contributed by atoms with Crippen molar-refractivity contribution in [1.82, 2.24) is 4.57 Å². The summed E-state index contributed by atoms with van der Waals surface area (Å²) >= 11 is 1.15. The summed E-state index contributed by atoms with van der Waals surface area (Å²) in [5.74, 6) is -0.305. The van der Waals surface area contributed by atoms with Gasteiger partial charge in [0.2, 0.25) is 0 Å². The molecule has 0 spiro atoms. The van der Waals surface area contributed by atoms with Gasteiger partial charge in [0, 0.05) is 5.56 Å². The molecule has 0 aliphatic carbocycles. The third-order valence-corrected chi connectivity index (χ3v) is 6.19. The van der Waals surface area contributed by atoms with E-state index in [1.807, 2.05) is 0 Å². The summed E-state index contributed by atoms with van der Waals surface area (Å²) in [6, 6.07) is 12.7. The van der Waals surface area contributed by atoms with Gasteiger partial charge in [-0.25, -0.2) is 14.2 Å². The van der Waals surface area contributed by atoms with Gasteiger partial charge in [0.15, 0.2) is 4.80 Å². The average Bonchev–Trinajstić information content (AvgIpc) is 3.08. The highest BCUT2D eigenvalue weighted by molar-refractivity contribution is 7.07. The summed E-state index contributed by atoms with van der Waals surface area (Å²) in [5.41, 5.74) is 1.42. The lowest BCUT2D eigenvalue weighted by molar-refractivity contribution is -0.143. The van der Waals surface area contributed by atoms with Crippen LogP contribution in [-0.4, -0.2) is 23.8 Å². The van der Waals surface area contributed by atoms with Crippen molar-refractivity contribution in [2.75, 3.05) is 7.11 Å². The van der Waals surface area contributed by atoms with Crippen molar-refractivity contribution < 1.29 is 18.7 Å². The monoisotopic (exact) mass is 466 g/mol. The Labute approximate surface area is 193 Å². The lowest BCUT2D eigenvalue weighted by Crippen LogP contribution is -2.40. The largest absolute Gasteiger partial charge is 0.497 e. The minimum atomic E-state index is -0.735. The lowest BCUT2D eigenvalue weighted by Gasteiger charge is -2.25. The Bertz CT molecular complexity index is 1420. The molecule has 0 saturated heterocycles. The number of halogens is 1. The van der Waals surface area contributed by atoms with Gasteiger partial charge < -0.3 is 9.47 Å². The fraction of sp³-hybridized carbons (Fsp3) is 0.240. The number of thiazole rings is 1. The third-order valence-electron chi connectivity index (χ3n) is 5.21. The van der Waals surface area contributed by atoms with Gasteiger partial charge in [-0.05, 0) is 50.6 Å². The van der Waals surface area contributed by atoms with Crippen molar-refractivity contribution >= 4 is 23.4 Å². The first-order chi connectivity index (χ1) is 15.8. The molecule has 0 radical (unpaired) electrons. The van der Waals surface area contributed by atoms with Gasteiger partial charge in [-0.1, -0.05) is 41.7 Å². The molecule has 0 N–H and O–H groups in total. The standard InChI is InChI=1S/C25H23FN2O4S/c1-14(2)32-24(30)21-15(3)27-25-28(22(21)16-9-11-18(31-4)12-10-16)23(29)20(33-25)13-17-7-5-6-8-19(17)26/h5-14,22H,1-4H3/b20-13+. The maximum Gasteiger partial charge on any atom is 0.338 e. The van der Waals surface area contributed by atoms with Crippen LogP contribution in [0.5, 0.6) is 5.75 Å². The Morgan fingerprint density at radius 2 is 1.88 bits per heavy atom. The summed E-state index contributed by atoms with van der Waals surface area (Å²) < 4.78 is 26.7. The van der Waals surface area contributed by atoms with Crippen LogP contribution < -0.4 is 19.6 Å². The Morgan fingerprint density at radius 3 is 2.52 bits per heavy atom. The van der Waals surface area contributed by atoms with Gasteiger partial charge in [-0.3, -0.25) is 9.36 Å². The average molecular weight is 467 g/mol. The molecule has 33 heavy (non-hydrogen) atoms. The van der Waals surface area contributed by atoms with Crippen LogP contribution in [0.3, 0.4) is 0 Å². The Kier molecular flexibility index (Phi) is 6.29. The molecule has 1 aromatic heterocycles. The van der Waals surface area contributed by atoms with Gasteiger partial charge >= 0.3 is 5.97 Å². The van der Waals surface area contributed by atoms with Gasteiger partial charge in [0.1, 0.15) is 11.6 Å². The van der Waals surface area contributed by atoms with Crippen molar-refractivity contribution in [2.24, 2.45) is 4.99 Å². The molecule has 1 aliphatic rings. The second-order valence-electron chi connectivity index (χ2n) is 7.83. The van der Waals surface area contributed by atoms with E-state index in [0.29, 0.717) is 37.5 Å². The maximum absolute atomic E-state index is 14.2. The molecule has 0 fully saturated rings. The second kappa shape index (κ2) is 9.15. The number of rotatable bonds is 5. The van der Waals surface area contributed by atoms with Gasteiger partial charge in [-0.15, -0.1) is 0 Å². The molecule has 2 aromatic carbocycles. The number of allylic oxidation sites excluding steroid dienone is 1. The first-order valence-electron chi connectivity index (χ1n) is 10.4. The first kappa shape index (κ1) is 22.7. The van der Waals surface area contributed by atoms with Crippen molar-refractivity contribution in [3.63, 3.8) is 0 Å². The van der Waals surface area contributed by atoms with E-state index in [1.54, 1.807) is 70.3 Å². The normalized spacial score (nSPS) is 15.9. The number of hydrogen-bond donors (Lipinski definition) is 0. The first-order valence-corrected chi connectivity index (χ1v) is 11.2. The molecule has 8 heteroatoms. The van der Waals surface area contributed by atoms with E-state index < -0.39 is 17.8 Å². The lowest BCUT2D eigenvalue weighted by atomic mass is 9.96. The van der Waals surface area contributed by atoms with Crippen molar-refractivity contribution in [3.05, 3.63) is 96.4 Å². The number of methoxy groups -OCH3 is 1. The maximum atomic E-state index is 14.2. The summed E-state index contributed by atoms with van der Waals surface area (Å²) in [6.45, 7) is 5.25. The number of carbonyl (C=O) groups excluding carboxylic acids is 1. The van der Waals surface area contributed by atoms with E-state index in [1.165, 1.54) is 16.7 Å². The third kappa shape index (κ3) is 4.39. The number of ether oxygens (including phenoxy) is 2. The minimum Gasteiger partial charge on any atom is -0.497 e. The Morgan fingerprint density at radius 1 is 1.18 bits per heavy atom. The SMILES string of the molecule is COc1ccc(C2C(C(=O)OC(C)C)=C(C)N=c3s/c(=C/c4ccccc4F)c(=O)n32)cc1. The number of fused-ring (bicyclic) bond motifs is 1. The highest BCUT2D eigenvalue weighted by atomic mass is 32.1. The summed E-state index contributed by atoms with van der Waals surface area (Å²) in [6.07, 6.45) is 1.18. The highest BCUT2D eigenvalue weighted by Gasteiger charge is 2.33. The summed E-state index contributed by atoms with van der Waals surface area (Å²) in [5, 5.41) is 0. The quantitative estimate of drug-likeness (QED) is 0.541. The van der Waals surface area contributed by atoms with Crippen LogP contribution in [0.1, 0.15) is 37.9 Å². The fourth-order valence-corrected chi connectivity index (χ4v) is 4.73. The van der Waals surface area contributed by atoms with Crippen LogP contribution in [0.2, 0.25) is 0 Å². The van der Waals surface area contributed by atoms with E-state index in [-0.39, 0.29) is 11.7 Å². The molecule has 2 heterocycles. The number of carbonyl (C=O) groups is 1. The van der Waals surface area contributed by atoms with Crippen LogP contribution in [0.4, 0.5) is 4.39 Å². The topological polar surface area (TPSA) is 69.9 Å². The van der Waals surface area contributed by atoms with Crippen LogP contribution in [0.25, 0.3) is 6.08 Å². The molecule has 170 valence electrons. The number of aromatic nitrogens is 1. The zero-order chi connectivity index (χ0) is 23.7. The van der Waals surface area contributed by atoms with E-state index in [9.17, 15) is 14.0 Å². The van der Waals surface area contributed by atoms with Crippen LogP contribution >= 0.6 is 11.3 Å². The number of hydrogen-bond acceptors (Lipinski definition) is 6. The molecule has 4 rings (SSSR count). The van der Waals surface area contributed by atoms with Crippen molar-refractivity contribution in [1.29, 1.82) is 0 Å². The molecule has 0 saturated carbocycles. The molecule has 0 amide bonds. The van der Waals surface area contributed by atoms with Crippen LogP contribution in [0.15, 0.2) is 69.6 Å². The molecule has 1 unspecified atom stereocenters. The second-order valence-corrected chi connectivity index (χ2v) is 8.84. The Hall–Kier alpha value is -3.52. The smallest absolute Gasteiger partial charge is 0.338 e. The Balaban J connectivity index is 1.95. The molecule has 0 bridgehead atoms. The van der Waals surface area contributed by atoms with E-state index in [2.05, 4.69) is 4.99 Å². The molecule has 6 nitrogen and oxygen atoms in total. The number of benzene rings is 2. The summed E-state index contributed by atoms with van der Waals surface area (Å²) in [4.78, 5) is 31.5. The highest BCUT2D eigenvalue weighted by Crippen LogP contribution is 2.31. The van der Waals surface area contributed by atoms with Gasteiger partial charge in [-0.2, -0.15) is 0 Å². The van der Waals surface area contributed by atoms with E-state index in [0.717, 1.165) is 11.3 Å². The minimum absolute atomic E-state index is 0.290. The number of esters is 1. The predicted molar refractivity (Wildman–Crippen MR) is 124 cm³/mol. The fourth-order valence-electron chi connectivity index (χ4n) is 3.70. The van der Waals surface area contributed by atoms with Crippen molar-refractivity contribution in [2.45, 2.75) is 32.9 Å². The molecule has 1 atom stereocenters. The van der Waals surface area contributed by atoms with E-state index in [4.69, 9.17) is 9.47 Å². The predicted octanol–water partition coefficient (Wildman–Crippen LogP) is 3.33. The van der Waals surface area contributed by atoms with Crippen LogP contribution in [0, 0.1) is 5.82 Å². The zero-order valence-electron chi connectivity index (χ0n) is 18.7.